The number of nitrogens with one attached hydrogen (secondary N) is 1. The third-order valence-corrected chi connectivity index (χ3v) is 4.06. The largest absolute Gasteiger partial charge is 0.308 e. The zero-order valence-electron chi connectivity index (χ0n) is 12.7. The molecular formula is C16H21Cl2N3. The second-order valence-corrected chi connectivity index (χ2v) is 6.12. The molecule has 1 N–H and O–H groups in total. The van der Waals surface area contributed by atoms with E-state index in [0.717, 1.165) is 30.6 Å². The van der Waals surface area contributed by atoms with E-state index < -0.39 is 0 Å². The van der Waals surface area contributed by atoms with Crippen molar-refractivity contribution in [3.63, 3.8) is 0 Å². The molecule has 21 heavy (non-hydrogen) atoms. The van der Waals surface area contributed by atoms with E-state index in [1.807, 2.05) is 30.8 Å². The van der Waals surface area contributed by atoms with Crippen LogP contribution in [0.2, 0.25) is 10.0 Å². The number of hydrogen-bond donors (Lipinski definition) is 1. The Balaban J connectivity index is 2.26. The van der Waals surface area contributed by atoms with Gasteiger partial charge >= 0.3 is 0 Å². The Labute approximate surface area is 136 Å². The van der Waals surface area contributed by atoms with E-state index in [0.29, 0.717) is 10.0 Å². The first-order valence-electron chi connectivity index (χ1n) is 7.19. The van der Waals surface area contributed by atoms with Crippen molar-refractivity contribution >= 4 is 23.2 Å². The van der Waals surface area contributed by atoms with Gasteiger partial charge in [0.25, 0.3) is 0 Å². The second-order valence-electron chi connectivity index (χ2n) is 5.28. The highest BCUT2D eigenvalue weighted by molar-refractivity contribution is 6.35. The summed E-state index contributed by atoms with van der Waals surface area (Å²) in [5.74, 6) is 0. The SMILES string of the molecule is CCCNC(Cc1ccc(Cl)cc1Cl)c1cc(C)nn1C. The molecule has 0 spiro atoms. The van der Waals surface area contributed by atoms with E-state index in [1.54, 1.807) is 6.07 Å². The maximum absolute atomic E-state index is 6.31. The fourth-order valence-corrected chi connectivity index (χ4v) is 2.95. The molecule has 3 nitrogen and oxygen atoms in total. The van der Waals surface area contributed by atoms with Crippen molar-refractivity contribution in [1.29, 1.82) is 0 Å². The van der Waals surface area contributed by atoms with E-state index in [2.05, 4.69) is 23.4 Å². The van der Waals surface area contributed by atoms with Gasteiger partial charge in [0, 0.05) is 17.1 Å². The van der Waals surface area contributed by atoms with Crippen LogP contribution in [0.4, 0.5) is 0 Å². The molecule has 1 atom stereocenters. The molecule has 0 saturated carbocycles. The summed E-state index contributed by atoms with van der Waals surface area (Å²) in [6.45, 7) is 5.13. The minimum Gasteiger partial charge on any atom is -0.308 e. The van der Waals surface area contributed by atoms with Crippen LogP contribution in [0.25, 0.3) is 0 Å². The summed E-state index contributed by atoms with van der Waals surface area (Å²) in [6, 6.07) is 7.98. The number of rotatable bonds is 6. The van der Waals surface area contributed by atoms with E-state index in [4.69, 9.17) is 23.2 Å². The van der Waals surface area contributed by atoms with Crippen molar-refractivity contribution in [3.8, 4) is 0 Å². The molecule has 2 aromatic rings. The molecule has 114 valence electrons. The predicted molar refractivity (Wildman–Crippen MR) is 89.1 cm³/mol. The number of hydrogen-bond acceptors (Lipinski definition) is 2. The van der Waals surface area contributed by atoms with Crippen LogP contribution in [0, 0.1) is 6.92 Å². The van der Waals surface area contributed by atoms with Crippen LogP contribution in [0.5, 0.6) is 0 Å². The summed E-state index contributed by atoms with van der Waals surface area (Å²) in [6.07, 6.45) is 1.90. The lowest BCUT2D eigenvalue weighted by atomic mass is 10.0. The zero-order valence-corrected chi connectivity index (χ0v) is 14.2. The van der Waals surface area contributed by atoms with Crippen molar-refractivity contribution in [2.75, 3.05) is 6.54 Å². The first-order valence-corrected chi connectivity index (χ1v) is 7.94. The Morgan fingerprint density at radius 3 is 2.62 bits per heavy atom. The first kappa shape index (κ1) is 16.3. The van der Waals surface area contributed by atoms with E-state index in [9.17, 15) is 0 Å². The van der Waals surface area contributed by atoms with Gasteiger partial charge in [0.15, 0.2) is 0 Å². The van der Waals surface area contributed by atoms with Gasteiger partial charge in [-0.25, -0.2) is 0 Å². The number of aromatic nitrogens is 2. The van der Waals surface area contributed by atoms with Gasteiger partial charge in [0.1, 0.15) is 0 Å². The molecule has 0 saturated heterocycles. The summed E-state index contributed by atoms with van der Waals surface area (Å²) in [7, 11) is 1.98. The lowest BCUT2D eigenvalue weighted by Gasteiger charge is -2.19. The molecule has 1 aromatic heterocycles. The Morgan fingerprint density at radius 1 is 1.29 bits per heavy atom. The van der Waals surface area contributed by atoms with Gasteiger partial charge in [-0.2, -0.15) is 5.10 Å². The Bertz CT molecular complexity index is 608. The highest BCUT2D eigenvalue weighted by Gasteiger charge is 2.17. The molecule has 1 heterocycles. The van der Waals surface area contributed by atoms with Gasteiger partial charge in [-0.3, -0.25) is 4.68 Å². The van der Waals surface area contributed by atoms with Crippen LogP contribution < -0.4 is 5.32 Å². The summed E-state index contributed by atoms with van der Waals surface area (Å²) in [5.41, 5.74) is 3.29. The molecule has 5 heteroatoms. The van der Waals surface area contributed by atoms with Crippen molar-refractivity contribution in [2.24, 2.45) is 7.05 Å². The van der Waals surface area contributed by atoms with Crippen LogP contribution in [0.1, 0.15) is 36.3 Å². The van der Waals surface area contributed by atoms with Gasteiger partial charge in [-0.05, 0) is 50.1 Å². The van der Waals surface area contributed by atoms with Crippen molar-refractivity contribution in [1.82, 2.24) is 15.1 Å². The van der Waals surface area contributed by atoms with Gasteiger partial charge in [0.2, 0.25) is 0 Å². The lowest BCUT2D eigenvalue weighted by molar-refractivity contribution is 0.493. The fourth-order valence-electron chi connectivity index (χ4n) is 2.46. The van der Waals surface area contributed by atoms with Crippen LogP contribution in [0.15, 0.2) is 24.3 Å². The van der Waals surface area contributed by atoms with Crippen LogP contribution in [-0.4, -0.2) is 16.3 Å². The number of benzene rings is 1. The third kappa shape index (κ3) is 4.22. The molecule has 2 rings (SSSR count). The first-order chi connectivity index (χ1) is 10.0. The monoisotopic (exact) mass is 325 g/mol. The Kier molecular flexibility index (Phi) is 5.68. The maximum atomic E-state index is 6.31. The molecule has 0 amide bonds. The van der Waals surface area contributed by atoms with Gasteiger partial charge < -0.3 is 5.32 Å². The van der Waals surface area contributed by atoms with Gasteiger partial charge in [0.05, 0.1) is 17.4 Å². The lowest BCUT2D eigenvalue weighted by Crippen LogP contribution is -2.26. The number of nitrogens with zero attached hydrogens (tertiary/aromatic N) is 2. The smallest absolute Gasteiger partial charge is 0.0597 e. The summed E-state index contributed by atoms with van der Waals surface area (Å²) >= 11 is 12.3. The molecule has 0 aliphatic heterocycles. The van der Waals surface area contributed by atoms with E-state index >= 15 is 0 Å². The Hall–Kier alpha value is -1.03. The van der Waals surface area contributed by atoms with E-state index in [1.165, 1.54) is 5.69 Å². The molecule has 0 aliphatic carbocycles. The average molecular weight is 326 g/mol. The second kappa shape index (κ2) is 7.30. The summed E-state index contributed by atoms with van der Waals surface area (Å²) < 4.78 is 1.94. The number of halogens is 2. The summed E-state index contributed by atoms with van der Waals surface area (Å²) in [4.78, 5) is 0. The van der Waals surface area contributed by atoms with Crippen LogP contribution in [-0.2, 0) is 13.5 Å². The standard InChI is InChI=1S/C16H21Cl2N3/c1-4-7-19-15(16-8-11(2)20-21(16)3)9-12-5-6-13(17)10-14(12)18/h5-6,8,10,15,19H,4,7,9H2,1-3H3. The number of aryl methyl sites for hydroxylation is 2. The normalized spacial score (nSPS) is 12.6. The molecule has 0 bridgehead atoms. The minimum absolute atomic E-state index is 0.190. The van der Waals surface area contributed by atoms with Crippen molar-refractivity contribution in [2.45, 2.75) is 32.7 Å². The zero-order chi connectivity index (χ0) is 15.4. The topological polar surface area (TPSA) is 29.9 Å². The fraction of sp³-hybridized carbons (Fsp3) is 0.438. The highest BCUT2D eigenvalue weighted by Crippen LogP contribution is 2.26. The molecule has 1 unspecified atom stereocenters. The van der Waals surface area contributed by atoms with Crippen molar-refractivity contribution < 1.29 is 0 Å². The average Bonchev–Trinajstić information content (AvgIpc) is 2.76. The summed E-state index contributed by atoms with van der Waals surface area (Å²) in [5, 5.41) is 9.40. The molecule has 1 aromatic carbocycles. The Morgan fingerprint density at radius 2 is 2.05 bits per heavy atom. The van der Waals surface area contributed by atoms with Gasteiger partial charge in [-0.15, -0.1) is 0 Å². The van der Waals surface area contributed by atoms with Crippen molar-refractivity contribution in [3.05, 3.63) is 51.3 Å². The quantitative estimate of drug-likeness (QED) is 0.857. The highest BCUT2D eigenvalue weighted by atomic mass is 35.5. The molecular weight excluding hydrogens is 305 g/mol. The third-order valence-electron chi connectivity index (χ3n) is 3.48. The molecule has 0 radical (unpaired) electrons. The van der Waals surface area contributed by atoms with E-state index in [-0.39, 0.29) is 6.04 Å². The predicted octanol–water partition coefficient (Wildman–Crippen LogP) is 4.32. The van der Waals surface area contributed by atoms with Crippen LogP contribution in [0.3, 0.4) is 0 Å². The molecule has 0 aliphatic rings. The van der Waals surface area contributed by atoms with Gasteiger partial charge in [-0.1, -0.05) is 36.2 Å². The van der Waals surface area contributed by atoms with Crippen LogP contribution >= 0.6 is 23.2 Å². The maximum Gasteiger partial charge on any atom is 0.0597 e. The minimum atomic E-state index is 0.190. The molecule has 0 fully saturated rings.